The van der Waals surface area contributed by atoms with Crippen LogP contribution in [0.5, 0.6) is 0 Å². The van der Waals surface area contributed by atoms with E-state index in [1.807, 2.05) is 24.4 Å². The van der Waals surface area contributed by atoms with Crippen molar-refractivity contribution in [3.63, 3.8) is 0 Å². The molecule has 0 aliphatic heterocycles. The lowest BCUT2D eigenvalue weighted by atomic mass is 10.1. The van der Waals surface area contributed by atoms with Crippen molar-refractivity contribution in [2.45, 2.75) is 32.1 Å². The summed E-state index contributed by atoms with van der Waals surface area (Å²) in [6, 6.07) is 8.40. The van der Waals surface area contributed by atoms with Crippen LogP contribution in [0.15, 0.2) is 41.8 Å². The van der Waals surface area contributed by atoms with Crippen LogP contribution in [0, 0.1) is 0 Å². The van der Waals surface area contributed by atoms with Crippen LogP contribution >= 0.6 is 11.3 Å². The van der Waals surface area contributed by atoms with Gasteiger partial charge in [-0.05, 0) is 36.1 Å². The molecule has 1 heterocycles. The Labute approximate surface area is 136 Å². The predicted molar refractivity (Wildman–Crippen MR) is 84.3 cm³/mol. The summed E-state index contributed by atoms with van der Waals surface area (Å²) in [5.41, 5.74) is -0.316. The number of hydrogen-bond acceptors (Lipinski definition) is 2. The molecule has 2 amide bonds. The molecule has 1 aromatic heterocycles. The maximum absolute atomic E-state index is 12.6. The number of urea groups is 1. The van der Waals surface area contributed by atoms with Crippen LogP contribution in [0.3, 0.4) is 0 Å². The molecule has 7 heteroatoms. The van der Waals surface area contributed by atoms with Crippen molar-refractivity contribution in [2.24, 2.45) is 0 Å². The third-order valence-corrected chi connectivity index (χ3v) is 4.07. The van der Waals surface area contributed by atoms with Gasteiger partial charge in [0.05, 0.1) is 5.56 Å². The first-order valence-electron chi connectivity index (χ1n) is 7.07. The molecule has 0 aliphatic rings. The third kappa shape index (κ3) is 5.59. The maximum atomic E-state index is 12.6. The summed E-state index contributed by atoms with van der Waals surface area (Å²) in [5, 5.41) is 7.31. The van der Waals surface area contributed by atoms with Gasteiger partial charge in [-0.3, -0.25) is 0 Å². The van der Waals surface area contributed by atoms with Crippen molar-refractivity contribution in [2.75, 3.05) is 0 Å². The smallest absolute Gasteiger partial charge is 0.335 e. The second-order valence-corrected chi connectivity index (χ2v) is 6.24. The summed E-state index contributed by atoms with van der Waals surface area (Å²) in [5.74, 6) is 0. The van der Waals surface area contributed by atoms with Crippen LogP contribution in [0.2, 0.25) is 0 Å². The zero-order chi connectivity index (χ0) is 16.9. The molecule has 2 rings (SSSR count). The van der Waals surface area contributed by atoms with Gasteiger partial charge in [-0.2, -0.15) is 13.2 Å². The van der Waals surface area contributed by atoms with E-state index in [0.717, 1.165) is 17.0 Å². The Morgan fingerprint density at radius 3 is 2.70 bits per heavy atom. The number of rotatable bonds is 5. The summed E-state index contributed by atoms with van der Waals surface area (Å²) in [6.07, 6.45) is -3.66. The van der Waals surface area contributed by atoms with Gasteiger partial charge in [0, 0.05) is 23.9 Å². The van der Waals surface area contributed by atoms with Crippen LogP contribution in [-0.2, 0) is 19.1 Å². The average Bonchev–Trinajstić information content (AvgIpc) is 2.97. The van der Waals surface area contributed by atoms with E-state index in [9.17, 15) is 18.0 Å². The summed E-state index contributed by atoms with van der Waals surface area (Å²) in [6.45, 7) is 1.92. The topological polar surface area (TPSA) is 41.1 Å². The molecule has 124 valence electrons. The van der Waals surface area contributed by atoms with Crippen molar-refractivity contribution in [1.29, 1.82) is 0 Å². The van der Waals surface area contributed by atoms with E-state index in [-0.39, 0.29) is 12.6 Å². The summed E-state index contributed by atoms with van der Waals surface area (Å²) >= 11 is 1.61. The highest BCUT2D eigenvalue weighted by atomic mass is 32.1. The number of nitrogens with one attached hydrogen (secondary N) is 2. The van der Waals surface area contributed by atoms with E-state index < -0.39 is 17.8 Å². The minimum Gasteiger partial charge on any atom is -0.335 e. The largest absolute Gasteiger partial charge is 0.416 e. The van der Waals surface area contributed by atoms with E-state index >= 15 is 0 Å². The minimum absolute atomic E-state index is 0.0431. The number of benzene rings is 1. The molecule has 1 unspecified atom stereocenters. The van der Waals surface area contributed by atoms with Gasteiger partial charge in [0.1, 0.15) is 0 Å². The quantitative estimate of drug-likeness (QED) is 0.840. The van der Waals surface area contributed by atoms with Crippen LogP contribution in [-0.4, -0.2) is 12.1 Å². The fraction of sp³-hybridized carbons (Fsp3) is 0.312. The molecule has 1 atom stereocenters. The Balaban J connectivity index is 1.82. The van der Waals surface area contributed by atoms with Crippen molar-refractivity contribution < 1.29 is 18.0 Å². The zero-order valence-electron chi connectivity index (χ0n) is 12.5. The number of hydrogen-bond donors (Lipinski definition) is 2. The van der Waals surface area contributed by atoms with E-state index in [2.05, 4.69) is 10.6 Å². The highest BCUT2D eigenvalue weighted by Gasteiger charge is 2.30. The first-order valence-corrected chi connectivity index (χ1v) is 7.95. The predicted octanol–water partition coefficient (Wildman–Crippen LogP) is 4.20. The van der Waals surface area contributed by atoms with Gasteiger partial charge >= 0.3 is 12.2 Å². The van der Waals surface area contributed by atoms with Crippen LogP contribution < -0.4 is 10.6 Å². The zero-order valence-corrected chi connectivity index (χ0v) is 13.3. The van der Waals surface area contributed by atoms with Crippen molar-refractivity contribution in [3.05, 3.63) is 57.8 Å². The van der Waals surface area contributed by atoms with Gasteiger partial charge in [0.2, 0.25) is 0 Å². The molecule has 0 radical (unpaired) electrons. The van der Waals surface area contributed by atoms with Gasteiger partial charge in [-0.25, -0.2) is 4.79 Å². The number of carbonyl (C=O) groups excluding carboxylic acids is 1. The molecular formula is C16H17F3N2OS. The lowest BCUT2D eigenvalue weighted by Gasteiger charge is -2.14. The number of halogens is 3. The SMILES string of the molecule is CC(Cc1cccs1)NC(=O)NCc1cccc(C(F)(F)F)c1. The fourth-order valence-electron chi connectivity index (χ4n) is 2.10. The first-order chi connectivity index (χ1) is 10.8. The summed E-state index contributed by atoms with van der Waals surface area (Å²) in [7, 11) is 0. The van der Waals surface area contributed by atoms with E-state index in [0.29, 0.717) is 12.0 Å². The highest BCUT2D eigenvalue weighted by Crippen LogP contribution is 2.29. The molecular weight excluding hydrogens is 325 g/mol. The molecule has 0 spiro atoms. The Bertz CT molecular complexity index is 641. The van der Waals surface area contributed by atoms with Gasteiger partial charge in [-0.1, -0.05) is 18.2 Å². The standard InChI is InChI=1S/C16H17F3N2OS/c1-11(8-14-6-3-7-23-14)21-15(22)20-10-12-4-2-5-13(9-12)16(17,18)19/h2-7,9,11H,8,10H2,1H3,(H2,20,21,22). The molecule has 1 aromatic carbocycles. The molecule has 0 saturated heterocycles. The van der Waals surface area contributed by atoms with Crippen molar-refractivity contribution >= 4 is 17.4 Å². The molecule has 23 heavy (non-hydrogen) atoms. The number of alkyl halides is 3. The summed E-state index contributed by atoms with van der Waals surface area (Å²) in [4.78, 5) is 13.0. The lowest BCUT2D eigenvalue weighted by Crippen LogP contribution is -2.41. The Hall–Kier alpha value is -2.02. The molecule has 0 bridgehead atoms. The number of carbonyl (C=O) groups is 1. The van der Waals surface area contributed by atoms with Crippen LogP contribution in [0.4, 0.5) is 18.0 Å². The highest BCUT2D eigenvalue weighted by molar-refractivity contribution is 7.09. The van der Waals surface area contributed by atoms with Gasteiger partial charge in [0.15, 0.2) is 0 Å². The number of thiophene rings is 1. The second kappa shape index (κ2) is 7.50. The van der Waals surface area contributed by atoms with Gasteiger partial charge in [-0.15, -0.1) is 11.3 Å². The van der Waals surface area contributed by atoms with Crippen LogP contribution in [0.25, 0.3) is 0 Å². The first kappa shape index (κ1) is 17.3. The van der Waals surface area contributed by atoms with Crippen molar-refractivity contribution in [1.82, 2.24) is 10.6 Å². The second-order valence-electron chi connectivity index (χ2n) is 5.21. The minimum atomic E-state index is -4.38. The average molecular weight is 342 g/mol. The normalized spacial score (nSPS) is 12.7. The Morgan fingerprint density at radius 2 is 2.04 bits per heavy atom. The molecule has 2 N–H and O–H groups in total. The van der Waals surface area contributed by atoms with Gasteiger partial charge < -0.3 is 10.6 Å². The molecule has 0 fully saturated rings. The molecule has 0 saturated carbocycles. The fourth-order valence-corrected chi connectivity index (χ4v) is 2.93. The van der Waals surface area contributed by atoms with E-state index in [4.69, 9.17) is 0 Å². The Kier molecular flexibility index (Phi) is 5.65. The molecule has 2 aromatic rings. The van der Waals surface area contributed by atoms with Crippen molar-refractivity contribution in [3.8, 4) is 0 Å². The van der Waals surface area contributed by atoms with E-state index in [1.165, 1.54) is 6.07 Å². The van der Waals surface area contributed by atoms with Crippen LogP contribution in [0.1, 0.15) is 22.9 Å². The molecule has 0 aliphatic carbocycles. The van der Waals surface area contributed by atoms with E-state index in [1.54, 1.807) is 17.4 Å². The third-order valence-electron chi connectivity index (χ3n) is 3.17. The monoisotopic (exact) mass is 342 g/mol. The number of amides is 2. The maximum Gasteiger partial charge on any atom is 0.416 e. The Morgan fingerprint density at radius 1 is 1.26 bits per heavy atom. The molecule has 3 nitrogen and oxygen atoms in total. The lowest BCUT2D eigenvalue weighted by molar-refractivity contribution is -0.137. The summed E-state index contributed by atoms with van der Waals surface area (Å²) < 4.78 is 37.9. The van der Waals surface area contributed by atoms with Gasteiger partial charge in [0.25, 0.3) is 0 Å².